The lowest BCUT2D eigenvalue weighted by molar-refractivity contribution is -0.122. The Kier molecular flexibility index (Phi) is 5.31. The summed E-state index contributed by atoms with van der Waals surface area (Å²) in [5, 5.41) is 7.52. The second-order valence-electron chi connectivity index (χ2n) is 4.67. The Morgan fingerprint density at radius 2 is 2.45 bits per heavy atom. The minimum Gasteiger partial charge on any atom is -0.376 e. The van der Waals surface area contributed by atoms with Crippen LogP contribution in [0.5, 0.6) is 0 Å². The lowest BCUT2D eigenvalue weighted by Gasteiger charge is -2.14. The van der Waals surface area contributed by atoms with Gasteiger partial charge in [0.1, 0.15) is 6.54 Å². The molecule has 2 rings (SSSR count). The first-order chi connectivity index (χ1) is 9.63. The van der Waals surface area contributed by atoms with Crippen molar-refractivity contribution in [1.29, 1.82) is 0 Å². The third kappa shape index (κ3) is 4.78. The van der Waals surface area contributed by atoms with Gasteiger partial charge in [-0.15, -0.1) is 0 Å². The first-order valence-electron chi connectivity index (χ1n) is 6.58. The van der Waals surface area contributed by atoms with Crippen LogP contribution in [0, 0.1) is 6.92 Å². The van der Waals surface area contributed by atoms with Gasteiger partial charge < -0.3 is 10.1 Å². The maximum atomic E-state index is 11.6. The number of aromatic nitrogens is 2. The van der Waals surface area contributed by atoms with Crippen LogP contribution in [0.15, 0.2) is 12.3 Å². The number of amides is 1. The highest BCUT2D eigenvalue weighted by Gasteiger charge is 2.15. The molecule has 1 amide bonds. The van der Waals surface area contributed by atoms with Crippen molar-refractivity contribution >= 4 is 23.2 Å². The highest BCUT2D eigenvalue weighted by atomic mass is 32.1. The molecule has 0 aromatic carbocycles. The highest BCUT2D eigenvalue weighted by Crippen LogP contribution is 2.10. The topological polar surface area (TPSA) is 80.2 Å². The molecule has 0 bridgehead atoms. The number of nitrogens with zero attached hydrogens (tertiary/aromatic N) is 2. The monoisotopic (exact) mass is 297 g/mol. The van der Waals surface area contributed by atoms with Crippen molar-refractivity contribution in [2.45, 2.75) is 32.4 Å². The minimum atomic E-state index is -0.214. The van der Waals surface area contributed by atoms with E-state index in [2.05, 4.69) is 21.3 Å². The van der Waals surface area contributed by atoms with E-state index in [4.69, 9.17) is 17.0 Å². The van der Waals surface area contributed by atoms with Gasteiger partial charge in [-0.05, 0) is 38.0 Å². The normalized spacial score (nSPS) is 17.8. The molecule has 1 aliphatic rings. The number of carbonyl (C=O) groups excluding carboxylic acids is 1. The number of rotatable bonds is 4. The summed E-state index contributed by atoms with van der Waals surface area (Å²) < 4.78 is 7.03. The molecule has 8 heteroatoms. The second-order valence-corrected chi connectivity index (χ2v) is 5.08. The van der Waals surface area contributed by atoms with Crippen molar-refractivity contribution in [3.63, 3.8) is 0 Å². The molecule has 0 unspecified atom stereocenters. The van der Waals surface area contributed by atoms with E-state index in [1.807, 2.05) is 13.0 Å². The molecule has 3 N–H and O–H groups in total. The summed E-state index contributed by atoms with van der Waals surface area (Å²) in [4.78, 5) is 11.6. The second kappa shape index (κ2) is 7.20. The molecule has 0 saturated carbocycles. The highest BCUT2D eigenvalue weighted by molar-refractivity contribution is 7.80. The number of nitrogens with one attached hydrogen (secondary N) is 3. The third-order valence-electron chi connectivity index (χ3n) is 2.91. The summed E-state index contributed by atoms with van der Waals surface area (Å²) >= 11 is 5.06. The summed E-state index contributed by atoms with van der Waals surface area (Å²) in [7, 11) is 0. The smallest absolute Gasteiger partial charge is 0.260 e. The molecule has 1 fully saturated rings. The Balaban J connectivity index is 1.61. The van der Waals surface area contributed by atoms with E-state index in [-0.39, 0.29) is 18.6 Å². The van der Waals surface area contributed by atoms with Crippen LogP contribution >= 0.6 is 12.2 Å². The molecule has 1 aliphatic heterocycles. The lowest BCUT2D eigenvalue weighted by atomic mass is 10.2. The maximum absolute atomic E-state index is 11.6. The summed E-state index contributed by atoms with van der Waals surface area (Å²) in [6.45, 7) is 3.48. The third-order valence-corrected chi connectivity index (χ3v) is 3.16. The molecule has 0 aliphatic carbocycles. The van der Waals surface area contributed by atoms with Gasteiger partial charge in [-0.25, -0.2) is 0 Å². The zero-order valence-electron chi connectivity index (χ0n) is 11.4. The number of ether oxygens (including phenoxy) is 1. The zero-order valence-corrected chi connectivity index (χ0v) is 12.2. The van der Waals surface area contributed by atoms with Gasteiger partial charge in [0.05, 0.1) is 11.8 Å². The van der Waals surface area contributed by atoms with Crippen LogP contribution in [-0.4, -0.2) is 40.1 Å². The van der Waals surface area contributed by atoms with Crippen LogP contribution in [0.4, 0.5) is 0 Å². The predicted octanol–water partition coefficient (Wildman–Crippen LogP) is -0.134. The molecule has 1 atom stereocenters. The SMILES string of the molecule is Cc1ccn(CC(=O)NNC(=S)NC[C@H]2CCCO2)n1. The largest absolute Gasteiger partial charge is 0.376 e. The number of hydrazine groups is 1. The van der Waals surface area contributed by atoms with Gasteiger partial charge >= 0.3 is 0 Å². The van der Waals surface area contributed by atoms with E-state index >= 15 is 0 Å². The molecule has 1 aromatic rings. The van der Waals surface area contributed by atoms with Gasteiger partial charge in [0.25, 0.3) is 5.91 Å². The van der Waals surface area contributed by atoms with Gasteiger partial charge in [-0.3, -0.25) is 20.3 Å². The molecule has 2 heterocycles. The van der Waals surface area contributed by atoms with Gasteiger partial charge in [0.15, 0.2) is 5.11 Å². The molecule has 1 aromatic heterocycles. The fraction of sp³-hybridized carbons (Fsp3) is 0.583. The van der Waals surface area contributed by atoms with Crippen molar-refractivity contribution < 1.29 is 9.53 Å². The van der Waals surface area contributed by atoms with Crippen molar-refractivity contribution in [1.82, 2.24) is 25.9 Å². The standard InChI is InChI=1S/C12H19N5O2S/c1-9-4-5-17(16-9)8-11(18)14-15-12(20)13-7-10-3-2-6-19-10/h4-5,10H,2-3,6-8H2,1H3,(H,14,18)(H2,13,15,20)/t10-/m1/s1. The zero-order chi connectivity index (χ0) is 14.4. The predicted molar refractivity (Wildman–Crippen MR) is 77.8 cm³/mol. The summed E-state index contributed by atoms with van der Waals surface area (Å²) in [6, 6.07) is 1.84. The van der Waals surface area contributed by atoms with E-state index in [0.29, 0.717) is 11.7 Å². The fourth-order valence-electron chi connectivity index (χ4n) is 1.92. The number of carbonyl (C=O) groups is 1. The maximum Gasteiger partial charge on any atom is 0.260 e. The molecular weight excluding hydrogens is 278 g/mol. The Labute approximate surface area is 123 Å². The van der Waals surface area contributed by atoms with E-state index in [1.165, 1.54) is 0 Å². The van der Waals surface area contributed by atoms with E-state index < -0.39 is 0 Å². The first kappa shape index (κ1) is 14.7. The molecule has 0 spiro atoms. The van der Waals surface area contributed by atoms with Crippen molar-refractivity contribution in [2.75, 3.05) is 13.2 Å². The average molecular weight is 297 g/mol. The van der Waals surface area contributed by atoms with E-state index in [1.54, 1.807) is 10.9 Å². The van der Waals surface area contributed by atoms with Crippen LogP contribution in [-0.2, 0) is 16.1 Å². The molecule has 0 radical (unpaired) electrons. The van der Waals surface area contributed by atoms with E-state index in [0.717, 1.165) is 25.1 Å². The van der Waals surface area contributed by atoms with Crippen molar-refractivity contribution in [3.05, 3.63) is 18.0 Å². The van der Waals surface area contributed by atoms with Gasteiger partial charge in [-0.2, -0.15) is 5.10 Å². The molecule has 110 valence electrons. The lowest BCUT2D eigenvalue weighted by Crippen LogP contribution is -2.49. The van der Waals surface area contributed by atoms with E-state index in [9.17, 15) is 4.79 Å². The van der Waals surface area contributed by atoms with Crippen LogP contribution in [0.1, 0.15) is 18.5 Å². The summed E-state index contributed by atoms with van der Waals surface area (Å²) in [5.74, 6) is -0.214. The van der Waals surface area contributed by atoms with Gasteiger partial charge in [-0.1, -0.05) is 0 Å². The fourth-order valence-corrected chi connectivity index (χ4v) is 2.05. The van der Waals surface area contributed by atoms with Crippen molar-refractivity contribution in [3.8, 4) is 0 Å². The number of hydrogen-bond donors (Lipinski definition) is 3. The number of thiocarbonyl (C=S) groups is 1. The summed E-state index contributed by atoms with van der Waals surface area (Å²) in [6.07, 6.45) is 4.09. The molecule has 1 saturated heterocycles. The molecule has 20 heavy (non-hydrogen) atoms. The first-order valence-corrected chi connectivity index (χ1v) is 6.98. The van der Waals surface area contributed by atoms with Crippen LogP contribution in [0.25, 0.3) is 0 Å². The molecular formula is C12H19N5O2S. The number of aryl methyl sites for hydroxylation is 1. The summed E-state index contributed by atoms with van der Waals surface area (Å²) in [5.41, 5.74) is 6.05. The van der Waals surface area contributed by atoms with Crippen LogP contribution < -0.4 is 16.2 Å². The van der Waals surface area contributed by atoms with Crippen LogP contribution in [0.2, 0.25) is 0 Å². The van der Waals surface area contributed by atoms with Crippen molar-refractivity contribution in [2.24, 2.45) is 0 Å². The number of hydrogen-bond acceptors (Lipinski definition) is 4. The Morgan fingerprint density at radius 3 is 3.10 bits per heavy atom. The Hall–Kier alpha value is -1.67. The Morgan fingerprint density at radius 1 is 1.60 bits per heavy atom. The van der Waals surface area contributed by atoms with Gasteiger partial charge in [0, 0.05) is 19.3 Å². The average Bonchev–Trinajstić information content (AvgIpc) is 3.06. The minimum absolute atomic E-state index is 0.148. The van der Waals surface area contributed by atoms with Gasteiger partial charge in [0.2, 0.25) is 0 Å². The quantitative estimate of drug-likeness (QED) is 0.530. The Bertz CT molecular complexity index is 470. The van der Waals surface area contributed by atoms with Crippen LogP contribution in [0.3, 0.4) is 0 Å². The molecule has 7 nitrogen and oxygen atoms in total.